The van der Waals surface area contributed by atoms with Gasteiger partial charge in [0.05, 0.1) is 11.1 Å². The molecular weight excluding hydrogens is 272 g/mol. The summed E-state index contributed by atoms with van der Waals surface area (Å²) in [5.74, 6) is -0.462. The van der Waals surface area contributed by atoms with E-state index in [1.54, 1.807) is 18.2 Å². The Morgan fingerprint density at radius 1 is 1.25 bits per heavy atom. The molecule has 84 valence electrons. The van der Waals surface area contributed by atoms with Crippen molar-refractivity contribution < 1.29 is 9.59 Å². The van der Waals surface area contributed by atoms with Crippen LogP contribution < -0.4 is 5.73 Å². The van der Waals surface area contributed by atoms with E-state index in [9.17, 15) is 9.59 Å². The minimum Gasteiger partial charge on any atom is -0.330 e. The molecule has 1 aliphatic rings. The van der Waals surface area contributed by atoms with Crippen molar-refractivity contribution in [3.8, 4) is 0 Å². The number of imide groups is 1. The zero-order valence-electron chi connectivity index (χ0n) is 8.57. The number of hydrogen-bond acceptors (Lipinski definition) is 3. The molecule has 1 heterocycles. The number of halogens is 1. The van der Waals surface area contributed by atoms with Gasteiger partial charge in [-0.2, -0.15) is 0 Å². The molecule has 16 heavy (non-hydrogen) atoms. The number of hydrogen-bond donors (Lipinski definition) is 1. The molecule has 0 saturated heterocycles. The molecule has 0 radical (unpaired) electrons. The highest BCUT2D eigenvalue weighted by Crippen LogP contribution is 2.29. The summed E-state index contributed by atoms with van der Waals surface area (Å²) < 4.78 is 0.665. The van der Waals surface area contributed by atoms with Gasteiger partial charge in [-0.25, -0.2) is 0 Å². The van der Waals surface area contributed by atoms with Gasteiger partial charge in [-0.1, -0.05) is 6.07 Å². The van der Waals surface area contributed by atoms with Crippen molar-refractivity contribution in [1.82, 2.24) is 4.90 Å². The number of nitrogens with two attached hydrogens (primary N) is 1. The molecule has 0 aromatic heterocycles. The van der Waals surface area contributed by atoms with E-state index in [4.69, 9.17) is 5.73 Å². The number of carbonyl (C=O) groups excluding carboxylic acids is 2. The van der Waals surface area contributed by atoms with Crippen LogP contribution in [0.1, 0.15) is 27.1 Å². The second-order valence-corrected chi connectivity index (χ2v) is 4.42. The monoisotopic (exact) mass is 282 g/mol. The number of rotatable bonds is 3. The van der Waals surface area contributed by atoms with Crippen molar-refractivity contribution in [2.24, 2.45) is 5.73 Å². The van der Waals surface area contributed by atoms with Gasteiger partial charge in [0.2, 0.25) is 0 Å². The third-order valence-electron chi connectivity index (χ3n) is 2.53. The van der Waals surface area contributed by atoms with Crippen LogP contribution in [-0.4, -0.2) is 29.8 Å². The second-order valence-electron chi connectivity index (χ2n) is 3.57. The fourth-order valence-electron chi connectivity index (χ4n) is 1.74. The SMILES string of the molecule is NCCCN1C(=O)c2cccc(Br)c2C1=O. The zero-order valence-corrected chi connectivity index (χ0v) is 10.2. The number of benzene rings is 1. The number of nitrogens with zero attached hydrogens (tertiary/aromatic N) is 1. The Morgan fingerprint density at radius 3 is 2.62 bits per heavy atom. The Labute approximate surface area is 102 Å². The van der Waals surface area contributed by atoms with E-state index in [-0.39, 0.29) is 11.8 Å². The molecular formula is C11H11BrN2O2. The van der Waals surface area contributed by atoms with E-state index in [1.165, 1.54) is 4.90 Å². The highest BCUT2D eigenvalue weighted by molar-refractivity contribution is 9.10. The van der Waals surface area contributed by atoms with Gasteiger partial charge in [0, 0.05) is 11.0 Å². The molecule has 1 aromatic rings. The summed E-state index contributed by atoms with van der Waals surface area (Å²) in [6.45, 7) is 0.851. The lowest BCUT2D eigenvalue weighted by atomic mass is 10.1. The summed E-state index contributed by atoms with van der Waals surface area (Å²) in [5.41, 5.74) is 6.31. The molecule has 2 rings (SSSR count). The van der Waals surface area contributed by atoms with Crippen molar-refractivity contribution in [2.45, 2.75) is 6.42 Å². The minimum atomic E-state index is -0.235. The van der Waals surface area contributed by atoms with Crippen LogP contribution in [0.2, 0.25) is 0 Å². The number of fused-ring (bicyclic) bond motifs is 1. The van der Waals surface area contributed by atoms with E-state index in [1.807, 2.05) is 0 Å². The van der Waals surface area contributed by atoms with Crippen LogP contribution in [0.15, 0.2) is 22.7 Å². The van der Waals surface area contributed by atoms with Crippen LogP contribution in [0.5, 0.6) is 0 Å². The van der Waals surface area contributed by atoms with Gasteiger partial charge in [0.25, 0.3) is 11.8 Å². The molecule has 0 aliphatic carbocycles. The Kier molecular flexibility index (Phi) is 3.07. The molecule has 1 aromatic carbocycles. The molecule has 0 atom stereocenters. The Morgan fingerprint density at radius 2 is 2.00 bits per heavy atom. The molecule has 0 spiro atoms. The van der Waals surface area contributed by atoms with Gasteiger partial charge in [-0.3, -0.25) is 14.5 Å². The van der Waals surface area contributed by atoms with Crippen molar-refractivity contribution in [2.75, 3.05) is 13.1 Å². The summed E-state index contributed by atoms with van der Waals surface area (Å²) in [6.07, 6.45) is 0.628. The van der Waals surface area contributed by atoms with Crippen LogP contribution in [0.25, 0.3) is 0 Å². The van der Waals surface area contributed by atoms with Gasteiger partial charge < -0.3 is 5.73 Å². The van der Waals surface area contributed by atoms with Gasteiger partial charge in [0.1, 0.15) is 0 Å². The van der Waals surface area contributed by atoms with Gasteiger partial charge in [-0.05, 0) is 41.0 Å². The first-order chi connectivity index (χ1) is 7.66. The third-order valence-corrected chi connectivity index (χ3v) is 3.19. The molecule has 2 N–H and O–H groups in total. The van der Waals surface area contributed by atoms with Gasteiger partial charge in [0.15, 0.2) is 0 Å². The normalized spacial score (nSPS) is 14.5. The summed E-state index contributed by atoms with van der Waals surface area (Å²) in [4.78, 5) is 25.1. The van der Waals surface area contributed by atoms with E-state index < -0.39 is 0 Å². The van der Waals surface area contributed by atoms with E-state index in [0.717, 1.165) is 0 Å². The molecule has 0 fully saturated rings. The Bertz CT molecular complexity index is 459. The first-order valence-corrected chi connectivity index (χ1v) is 5.81. The van der Waals surface area contributed by atoms with Crippen molar-refractivity contribution in [1.29, 1.82) is 0 Å². The van der Waals surface area contributed by atoms with Crippen LogP contribution >= 0.6 is 15.9 Å². The van der Waals surface area contributed by atoms with Crippen LogP contribution in [-0.2, 0) is 0 Å². The molecule has 5 heteroatoms. The molecule has 4 nitrogen and oxygen atoms in total. The summed E-state index contributed by atoms with van der Waals surface area (Å²) in [5, 5.41) is 0. The van der Waals surface area contributed by atoms with Crippen LogP contribution in [0.3, 0.4) is 0 Å². The quantitative estimate of drug-likeness (QED) is 0.853. The molecule has 0 unspecified atom stereocenters. The third kappa shape index (κ3) is 1.66. The maximum atomic E-state index is 12.0. The lowest BCUT2D eigenvalue weighted by Gasteiger charge is -2.12. The van der Waals surface area contributed by atoms with Crippen LogP contribution in [0, 0.1) is 0 Å². The Hall–Kier alpha value is -1.20. The topological polar surface area (TPSA) is 63.4 Å². The fraction of sp³-hybridized carbons (Fsp3) is 0.273. The minimum absolute atomic E-state index is 0.227. The summed E-state index contributed by atoms with van der Waals surface area (Å²) in [7, 11) is 0. The largest absolute Gasteiger partial charge is 0.330 e. The average molecular weight is 283 g/mol. The summed E-state index contributed by atoms with van der Waals surface area (Å²) in [6, 6.07) is 5.18. The second kappa shape index (κ2) is 4.35. The first kappa shape index (κ1) is 11.3. The number of carbonyl (C=O) groups is 2. The lowest BCUT2D eigenvalue weighted by molar-refractivity contribution is 0.0653. The van der Waals surface area contributed by atoms with E-state index in [2.05, 4.69) is 15.9 Å². The van der Waals surface area contributed by atoms with Gasteiger partial charge >= 0.3 is 0 Å². The molecule has 2 amide bonds. The van der Waals surface area contributed by atoms with E-state index >= 15 is 0 Å². The standard InChI is InChI=1S/C11H11BrN2O2/c12-8-4-1-3-7-9(8)11(16)14(10(7)15)6-2-5-13/h1,3-4H,2,5-6,13H2. The van der Waals surface area contributed by atoms with E-state index in [0.29, 0.717) is 35.1 Å². The predicted octanol–water partition coefficient (Wildman–Crippen LogP) is 1.39. The average Bonchev–Trinajstić information content (AvgIpc) is 2.51. The molecule has 0 saturated carbocycles. The van der Waals surface area contributed by atoms with Gasteiger partial charge in [-0.15, -0.1) is 0 Å². The van der Waals surface area contributed by atoms with Crippen LogP contribution in [0.4, 0.5) is 0 Å². The molecule has 0 bridgehead atoms. The summed E-state index contributed by atoms with van der Waals surface area (Å²) >= 11 is 3.29. The predicted molar refractivity (Wildman–Crippen MR) is 63.2 cm³/mol. The maximum Gasteiger partial charge on any atom is 0.262 e. The smallest absolute Gasteiger partial charge is 0.262 e. The molecule has 1 aliphatic heterocycles. The lowest BCUT2D eigenvalue weighted by Crippen LogP contribution is -2.31. The first-order valence-electron chi connectivity index (χ1n) is 5.01. The highest BCUT2D eigenvalue weighted by Gasteiger charge is 2.36. The Balaban J connectivity index is 2.37. The maximum absolute atomic E-state index is 12.0. The fourth-order valence-corrected chi connectivity index (χ4v) is 2.28. The zero-order chi connectivity index (χ0) is 11.7. The highest BCUT2D eigenvalue weighted by atomic mass is 79.9. The van der Waals surface area contributed by atoms with Crippen molar-refractivity contribution in [3.63, 3.8) is 0 Å². The van der Waals surface area contributed by atoms with Crippen molar-refractivity contribution >= 4 is 27.7 Å². The number of amides is 2. The van der Waals surface area contributed by atoms with Crippen molar-refractivity contribution in [3.05, 3.63) is 33.8 Å².